The molecule has 5 nitrogen and oxygen atoms in total. The van der Waals surface area contributed by atoms with Gasteiger partial charge in [0.05, 0.1) is 0 Å². The van der Waals surface area contributed by atoms with Crippen LogP contribution >= 0.6 is 11.3 Å². The van der Waals surface area contributed by atoms with Crippen molar-refractivity contribution in [1.29, 1.82) is 0 Å². The van der Waals surface area contributed by atoms with E-state index in [9.17, 15) is 8.42 Å². The normalized spacial score (nSPS) is 19.6. The van der Waals surface area contributed by atoms with Crippen LogP contribution in [0.5, 0.6) is 0 Å². The van der Waals surface area contributed by atoms with Gasteiger partial charge in [0.15, 0.2) is 0 Å². The number of nitrogens with one attached hydrogen (secondary N) is 1. The summed E-state index contributed by atoms with van der Waals surface area (Å²) >= 11 is 1.26. The third kappa shape index (κ3) is 5.03. The second-order valence-electron chi connectivity index (χ2n) is 6.41. The highest BCUT2D eigenvalue weighted by molar-refractivity contribution is 7.91. The number of hydrogen-bond acceptors (Lipinski definition) is 5. The van der Waals surface area contributed by atoms with Crippen LogP contribution in [0.1, 0.15) is 20.3 Å². The van der Waals surface area contributed by atoms with E-state index in [1.54, 1.807) is 17.5 Å². The lowest BCUT2D eigenvalue weighted by Gasteiger charge is -2.38. The standard InChI is InChI=1S/C15H27N3O2S2/c1-13(2)11-14(18-8-6-17(3)7-9-18)12-16-22(19,20)15-5-4-10-21-15/h4-5,10,13-14,16H,6-9,11-12H2,1-3H3. The minimum Gasteiger partial charge on any atom is -0.304 e. The zero-order valence-electron chi connectivity index (χ0n) is 13.7. The average molecular weight is 346 g/mol. The van der Waals surface area contributed by atoms with E-state index in [0.29, 0.717) is 16.7 Å². The van der Waals surface area contributed by atoms with Gasteiger partial charge in [-0.25, -0.2) is 13.1 Å². The fourth-order valence-electron chi connectivity index (χ4n) is 2.79. The highest BCUT2D eigenvalue weighted by Crippen LogP contribution is 2.17. The molecule has 1 unspecified atom stereocenters. The Morgan fingerprint density at radius 2 is 1.95 bits per heavy atom. The van der Waals surface area contributed by atoms with Crippen LogP contribution in [0.3, 0.4) is 0 Å². The molecular weight excluding hydrogens is 318 g/mol. The number of rotatable bonds is 7. The zero-order chi connectivity index (χ0) is 16.2. The Bertz CT molecular complexity index is 535. The molecule has 1 aromatic rings. The first-order chi connectivity index (χ1) is 10.4. The minimum atomic E-state index is -3.37. The van der Waals surface area contributed by atoms with Crippen LogP contribution in [0.2, 0.25) is 0 Å². The number of piperazine rings is 1. The maximum Gasteiger partial charge on any atom is 0.250 e. The van der Waals surface area contributed by atoms with E-state index in [4.69, 9.17) is 0 Å². The van der Waals surface area contributed by atoms with E-state index < -0.39 is 10.0 Å². The van der Waals surface area contributed by atoms with Gasteiger partial charge < -0.3 is 4.90 Å². The van der Waals surface area contributed by atoms with Gasteiger partial charge in [-0.15, -0.1) is 11.3 Å². The molecule has 1 aliphatic heterocycles. The number of nitrogens with zero attached hydrogens (tertiary/aromatic N) is 2. The van der Waals surface area contributed by atoms with Gasteiger partial charge in [-0.05, 0) is 30.8 Å². The molecule has 126 valence electrons. The third-order valence-corrected chi connectivity index (χ3v) is 6.89. The van der Waals surface area contributed by atoms with Gasteiger partial charge in [0, 0.05) is 38.8 Å². The topological polar surface area (TPSA) is 52.7 Å². The summed E-state index contributed by atoms with van der Waals surface area (Å²) in [5, 5.41) is 1.79. The van der Waals surface area contributed by atoms with Gasteiger partial charge in [-0.3, -0.25) is 4.90 Å². The summed E-state index contributed by atoms with van der Waals surface area (Å²) in [7, 11) is -1.23. The molecule has 0 spiro atoms. The van der Waals surface area contributed by atoms with Gasteiger partial charge in [-0.1, -0.05) is 19.9 Å². The van der Waals surface area contributed by atoms with E-state index in [2.05, 4.69) is 35.4 Å². The number of sulfonamides is 1. The Morgan fingerprint density at radius 1 is 1.27 bits per heavy atom. The van der Waals surface area contributed by atoms with Gasteiger partial charge >= 0.3 is 0 Å². The van der Waals surface area contributed by atoms with Crippen LogP contribution < -0.4 is 4.72 Å². The predicted octanol–water partition coefficient (Wildman–Crippen LogP) is 1.69. The fourth-order valence-corrected chi connectivity index (χ4v) is 4.90. The lowest BCUT2D eigenvalue weighted by molar-refractivity contribution is 0.102. The van der Waals surface area contributed by atoms with Crippen LogP contribution in [0.4, 0.5) is 0 Å². The number of likely N-dealkylation sites (N-methyl/N-ethyl adjacent to an activating group) is 1. The lowest BCUT2D eigenvalue weighted by atomic mass is 10.0. The predicted molar refractivity (Wildman–Crippen MR) is 91.8 cm³/mol. The molecule has 2 heterocycles. The van der Waals surface area contributed by atoms with Crippen molar-refractivity contribution in [2.75, 3.05) is 39.8 Å². The van der Waals surface area contributed by atoms with Crippen molar-refractivity contribution < 1.29 is 8.42 Å². The molecule has 1 aromatic heterocycles. The molecule has 1 atom stereocenters. The summed E-state index contributed by atoms with van der Waals surface area (Å²) in [5.41, 5.74) is 0. The Balaban J connectivity index is 1.98. The van der Waals surface area contributed by atoms with Crippen LogP contribution in [0.15, 0.2) is 21.7 Å². The van der Waals surface area contributed by atoms with Crippen molar-refractivity contribution in [3.8, 4) is 0 Å². The van der Waals surface area contributed by atoms with E-state index in [1.807, 2.05) is 0 Å². The highest BCUT2D eigenvalue weighted by atomic mass is 32.2. The lowest BCUT2D eigenvalue weighted by Crippen LogP contribution is -2.52. The second-order valence-corrected chi connectivity index (χ2v) is 9.35. The quantitative estimate of drug-likeness (QED) is 0.817. The van der Waals surface area contributed by atoms with Crippen molar-refractivity contribution in [1.82, 2.24) is 14.5 Å². The van der Waals surface area contributed by atoms with Gasteiger partial charge in [0.1, 0.15) is 4.21 Å². The second kappa shape index (κ2) is 7.88. The molecule has 1 N–H and O–H groups in total. The Hall–Kier alpha value is -0.470. The SMILES string of the molecule is CC(C)CC(CNS(=O)(=O)c1cccs1)N1CCN(C)CC1. The molecule has 0 aliphatic carbocycles. The summed E-state index contributed by atoms with van der Waals surface area (Å²) in [6.45, 7) is 8.98. The maximum atomic E-state index is 12.3. The summed E-state index contributed by atoms with van der Waals surface area (Å²) in [6, 6.07) is 3.69. The first-order valence-electron chi connectivity index (χ1n) is 7.84. The van der Waals surface area contributed by atoms with Crippen LogP contribution in [0, 0.1) is 5.92 Å². The largest absolute Gasteiger partial charge is 0.304 e. The number of thiophene rings is 1. The van der Waals surface area contributed by atoms with Crippen molar-refractivity contribution in [2.45, 2.75) is 30.5 Å². The third-order valence-electron chi connectivity index (χ3n) is 4.07. The summed E-state index contributed by atoms with van der Waals surface area (Å²) < 4.78 is 27.8. The molecule has 1 aliphatic rings. The van der Waals surface area contributed by atoms with Crippen LogP contribution in [-0.2, 0) is 10.0 Å². The molecule has 1 fully saturated rings. The first-order valence-corrected chi connectivity index (χ1v) is 10.2. The molecular formula is C15H27N3O2S2. The molecule has 0 saturated carbocycles. The molecule has 0 amide bonds. The van der Waals surface area contributed by atoms with Crippen molar-refractivity contribution in [2.24, 2.45) is 5.92 Å². The molecule has 0 bridgehead atoms. The molecule has 0 radical (unpaired) electrons. The van der Waals surface area contributed by atoms with Crippen molar-refractivity contribution >= 4 is 21.4 Å². The maximum absolute atomic E-state index is 12.3. The van der Waals surface area contributed by atoms with E-state index in [1.165, 1.54) is 11.3 Å². The van der Waals surface area contributed by atoms with Crippen molar-refractivity contribution in [3.63, 3.8) is 0 Å². The Labute approximate surface area is 138 Å². The average Bonchev–Trinajstić information content (AvgIpc) is 2.99. The minimum absolute atomic E-state index is 0.267. The molecule has 2 rings (SSSR count). The highest BCUT2D eigenvalue weighted by Gasteiger charge is 2.25. The zero-order valence-corrected chi connectivity index (χ0v) is 15.3. The van der Waals surface area contributed by atoms with Gasteiger partial charge in [0.25, 0.3) is 0 Å². The first kappa shape index (κ1) is 17.9. The van der Waals surface area contributed by atoms with E-state index >= 15 is 0 Å². The van der Waals surface area contributed by atoms with Crippen LogP contribution in [-0.4, -0.2) is 64.0 Å². The summed E-state index contributed by atoms with van der Waals surface area (Å²) in [6.07, 6.45) is 1.01. The molecule has 1 saturated heterocycles. The van der Waals surface area contributed by atoms with Crippen LogP contribution in [0.25, 0.3) is 0 Å². The molecule has 0 aromatic carbocycles. The van der Waals surface area contributed by atoms with Crippen molar-refractivity contribution in [3.05, 3.63) is 17.5 Å². The summed E-state index contributed by atoms with van der Waals surface area (Å²) in [5.74, 6) is 0.552. The van der Waals surface area contributed by atoms with E-state index in [0.717, 1.165) is 32.6 Å². The van der Waals surface area contributed by atoms with E-state index in [-0.39, 0.29) is 6.04 Å². The number of hydrogen-bond donors (Lipinski definition) is 1. The van der Waals surface area contributed by atoms with Gasteiger partial charge in [0.2, 0.25) is 10.0 Å². The summed E-state index contributed by atoms with van der Waals surface area (Å²) in [4.78, 5) is 4.75. The van der Waals surface area contributed by atoms with Gasteiger partial charge in [-0.2, -0.15) is 0 Å². The molecule has 22 heavy (non-hydrogen) atoms. The smallest absolute Gasteiger partial charge is 0.250 e. The monoisotopic (exact) mass is 345 g/mol. The Kier molecular flexibility index (Phi) is 6.40. The Morgan fingerprint density at radius 3 is 2.50 bits per heavy atom. The molecule has 7 heteroatoms. The fraction of sp³-hybridized carbons (Fsp3) is 0.733.